The fourth-order valence-corrected chi connectivity index (χ4v) is 3.42. The lowest BCUT2D eigenvalue weighted by atomic mass is 10.2. The van der Waals surface area contributed by atoms with Crippen LogP contribution in [0.4, 0.5) is 0 Å². The number of hydrogen-bond acceptors (Lipinski definition) is 4. The third-order valence-electron chi connectivity index (χ3n) is 4.89. The Morgan fingerprint density at radius 3 is 2.67 bits per heavy atom. The second kappa shape index (κ2) is 9.16. The van der Waals surface area contributed by atoms with Gasteiger partial charge in [-0.05, 0) is 18.4 Å². The van der Waals surface area contributed by atoms with Crippen molar-refractivity contribution < 1.29 is 9.53 Å². The molecule has 2 saturated heterocycles. The summed E-state index contributed by atoms with van der Waals surface area (Å²) in [6.07, 6.45) is 3.25. The highest BCUT2D eigenvalue weighted by Gasteiger charge is 2.21. The molecule has 132 valence electrons. The van der Waals surface area contributed by atoms with Crippen LogP contribution in [0.15, 0.2) is 30.3 Å². The van der Waals surface area contributed by atoms with Gasteiger partial charge in [0.25, 0.3) is 0 Å². The van der Waals surface area contributed by atoms with Crippen molar-refractivity contribution in [3.05, 3.63) is 35.9 Å². The minimum atomic E-state index is 0.272. The Labute approximate surface area is 145 Å². The monoisotopic (exact) mass is 331 g/mol. The molecule has 0 aromatic heterocycles. The zero-order chi connectivity index (χ0) is 16.6. The maximum absolute atomic E-state index is 12.3. The standard InChI is InChI=1S/C19H29N3O2/c23-19(8-9-20-15-18-7-4-14-24-18)22-12-10-21(11-13-22)16-17-5-2-1-3-6-17/h1-3,5-6,18,20H,4,7-16H2. The molecule has 2 aliphatic rings. The zero-order valence-corrected chi connectivity index (χ0v) is 14.5. The van der Waals surface area contributed by atoms with Crippen molar-refractivity contribution in [3.63, 3.8) is 0 Å². The fourth-order valence-electron chi connectivity index (χ4n) is 3.42. The number of carbonyl (C=O) groups is 1. The molecule has 5 nitrogen and oxygen atoms in total. The summed E-state index contributed by atoms with van der Waals surface area (Å²) in [5.74, 6) is 0.272. The lowest BCUT2D eigenvalue weighted by Crippen LogP contribution is -2.48. The number of hydrogen-bond donors (Lipinski definition) is 1. The Hall–Kier alpha value is -1.43. The molecule has 0 radical (unpaired) electrons. The third kappa shape index (κ3) is 5.30. The van der Waals surface area contributed by atoms with E-state index in [1.165, 1.54) is 12.0 Å². The Morgan fingerprint density at radius 1 is 1.17 bits per heavy atom. The number of piperazine rings is 1. The van der Waals surface area contributed by atoms with Gasteiger partial charge in [0.15, 0.2) is 0 Å². The summed E-state index contributed by atoms with van der Waals surface area (Å²) in [5, 5.41) is 3.36. The molecule has 0 spiro atoms. The van der Waals surface area contributed by atoms with Crippen LogP contribution in [0.1, 0.15) is 24.8 Å². The second-order valence-corrected chi connectivity index (χ2v) is 6.73. The highest BCUT2D eigenvalue weighted by molar-refractivity contribution is 5.76. The van der Waals surface area contributed by atoms with Crippen LogP contribution >= 0.6 is 0 Å². The first kappa shape index (κ1) is 17.4. The van der Waals surface area contributed by atoms with Crippen LogP contribution in [0.3, 0.4) is 0 Å². The van der Waals surface area contributed by atoms with Gasteiger partial charge in [-0.15, -0.1) is 0 Å². The number of rotatable bonds is 7. The van der Waals surface area contributed by atoms with Crippen LogP contribution in [0.2, 0.25) is 0 Å². The molecule has 5 heteroatoms. The van der Waals surface area contributed by atoms with E-state index in [2.05, 4.69) is 34.5 Å². The first-order chi connectivity index (χ1) is 11.8. The molecule has 2 aliphatic heterocycles. The smallest absolute Gasteiger partial charge is 0.223 e. The molecule has 1 unspecified atom stereocenters. The molecular formula is C19H29N3O2. The van der Waals surface area contributed by atoms with Crippen molar-refractivity contribution in [3.8, 4) is 0 Å². The van der Waals surface area contributed by atoms with E-state index in [0.717, 1.165) is 58.8 Å². The summed E-state index contributed by atoms with van der Waals surface area (Å²) in [6, 6.07) is 10.5. The van der Waals surface area contributed by atoms with Gasteiger partial charge in [0.05, 0.1) is 6.10 Å². The minimum Gasteiger partial charge on any atom is -0.377 e. The molecule has 0 aliphatic carbocycles. The molecule has 1 amide bonds. The van der Waals surface area contributed by atoms with Crippen LogP contribution in [0.5, 0.6) is 0 Å². The van der Waals surface area contributed by atoms with Gasteiger partial charge in [0, 0.05) is 58.8 Å². The molecule has 1 N–H and O–H groups in total. The minimum absolute atomic E-state index is 0.272. The van der Waals surface area contributed by atoms with E-state index in [1.54, 1.807) is 0 Å². The SMILES string of the molecule is O=C(CCNCC1CCCO1)N1CCN(Cc2ccccc2)CC1. The van der Waals surface area contributed by atoms with E-state index >= 15 is 0 Å². The van der Waals surface area contributed by atoms with Crippen molar-refractivity contribution in [2.24, 2.45) is 0 Å². The average molecular weight is 331 g/mol. The van der Waals surface area contributed by atoms with Crippen LogP contribution in [0.25, 0.3) is 0 Å². The van der Waals surface area contributed by atoms with Crippen molar-refractivity contribution in [2.45, 2.75) is 31.9 Å². The second-order valence-electron chi connectivity index (χ2n) is 6.73. The Kier molecular flexibility index (Phi) is 6.64. The van der Waals surface area contributed by atoms with Gasteiger partial charge < -0.3 is 15.0 Å². The van der Waals surface area contributed by atoms with Gasteiger partial charge >= 0.3 is 0 Å². The van der Waals surface area contributed by atoms with Gasteiger partial charge in [-0.25, -0.2) is 0 Å². The molecule has 0 bridgehead atoms. The highest BCUT2D eigenvalue weighted by atomic mass is 16.5. The predicted molar refractivity (Wildman–Crippen MR) is 94.8 cm³/mol. The van der Waals surface area contributed by atoms with Gasteiger partial charge in [0.2, 0.25) is 5.91 Å². The third-order valence-corrected chi connectivity index (χ3v) is 4.89. The summed E-state index contributed by atoms with van der Waals surface area (Å²) in [7, 11) is 0. The van der Waals surface area contributed by atoms with E-state index in [-0.39, 0.29) is 5.91 Å². The molecule has 1 atom stereocenters. The van der Waals surface area contributed by atoms with Crippen LogP contribution in [0, 0.1) is 0 Å². The van der Waals surface area contributed by atoms with Crippen LogP contribution in [-0.2, 0) is 16.1 Å². The van der Waals surface area contributed by atoms with E-state index in [1.807, 2.05) is 11.0 Å². The van der Waals surface area contributed by atoms with Crippen molar-refractivity contribution in [2.75, 3.05) is 45.9 Å². The van der Waals surface area contributed by atoms with Crippen molar-refractivity contribution >= 4 is 5.91 Å². The summed E-state index contributed by atoms with van der Waals surface area (Å²) >= 11 is 0. The predicted octanol–water partition coefficient (Wildman–Crippen LogP) is 1.49. The Balaban J connectivity index is 1.30. The molecule has 2 fully saturated rings. The first-order valence-electron chi connectivity index (χ1n) is 9.17. The van der Waals surface area contributed by atoms with Crippen LogP contribution in [-0.4, -0.2) is 67.7 Å². The quantitative estimate of drug-likeness (QED) is 0.769. The lowest BCUT2D eigenvalue weighted by Gasteiger charge is -2.34. The highest BCUT2D eigenvalue weighted by Crippen LogP contribution is 2.11. The van der Waals surface area contributed by atoms with Crippen molar-refractivity contribution in [1.82, 2.24) is 15.1 Å². The fraction of sp³-hybridized carbons (Fsp3) is 0.632. The normalized spacial score (nSPS) is 22.0. The lowest BCUT2D eigenvalue weighted by molar-refractivity contribution is -0.132. The zero-order valence-electron chi connectivity index (χ0n) is 14.5. The number of nitrogens with one attached hydrogen (secondary N) is 1. The molecule has 1 aromatic carbocycles. The Morgan fingerprint density at radius 2 is 1.96 bits per heavy atom. The van der Waals surface area contributed by atoms with Crippen LogP contribution < -0.4 is 5.32 Å². The maximum atomic E-state index is 12.3. The van der Waals surface area contributed by atoms with Gasteiger partial charge in [0.1, 0.15) is 0 Å². The number of nitrogens with zero attached hydrogens (tertiary/aromatic N) is 2. The summed E-state index contributed by atoms with van der Waals surface area (Å²) in [5.41, 5.74) is 1.34. The van der Waals surface area contributed by atoms with E-state index in [4.69, 9.17) is 4.74 Å². The number of carbonyl (C=O) groups excluding carboxylic acids is 1. The van der Waals surface area contributed by atoms with Gasteiger partial charge in [-0.3, -0.25) is 9.69 Å². The summed E-state index contributed by atoms with van der Waals surface area (Å²) in [4.78, 5) is 16.7. The van der Waals surface area contributed by atoms with Gasteiger partial charge in [-0.2, -0.15) is 0 Å². The van der Waals surface area contributed by atoms with E-state index in [0.29, 0.717) is 12.5 Å². The van der Waals surface area contributed by atoms with E-state index < -0.39 is 0 Å². The molecule has 24 heavy (non-hydrogen) atoms. The topological polar surface area (TPSA) is 44.8 Å². The van der Waals surface area contributed by atoms with Gasteiger partial charge in [-0.1, -0.05) is 30.3 Å². The molecule has 1 aromatic rings. The average Bonchev–Trinajstić information content (AvgIpc) is 3.13. The van der Waals surface area contributed by atoms with Crippen molar-refractivity contribution in [1.29, 1.82) is 0 Å². The number of amides is 1. The molecule has 3 rings (SSSR count). The summed E-state index contributed by atoms with van der Waals surface area (Å²) < 4.78 is 5.57. The largest absolute Gasteiger partial charge is 0.377 e. The molecule has 2 heterocycles. The number of ether oxygens (including phenoxy) is 1. The van der Waals surface area contributed by atoms with E-state index in [9.17, 15) is 4.79 Å². The maximum Gasteiger partial charge on any atom is 0.223 e. The number of benzene rings is 1. The summed E-state index contributed by atoms with van der Waals surface area (Å²) in [6.45, 7) is 7.11. The Bertz CT molecular complexity index is 495. The molecular weight excluding hydrogens is 302 g/mol. The first-order valence-corrected chi connectivity index (χ1v) is 9.17. The molecule has 0 saturated carbocycles.